The average Bonchev–Trinajstić information content (AvgIpc) is 2.75. The zero-order valence-corrected chi connectivity index (χ0v) is 16.7. The number of rotatable bonds is 9. The normalized spacial score (nSPS) is 12.2. The van der Waals surface area contributed by atoms with E-state index in [1.165, 1.54) is 7.11 Å². The molecule has 6 nitrogen and oxygen atoms in total. The number of esters is 1. The number of carbonyl (C=O) groups is 3. The summed E-state index contributed by atoms with van der Waals surface area (Å²) in [6.07, 6.45) is 2.70. The molecule has 0 amide bonds. The second kappa shape index (κ2) is 9.37. The fraction of sp³-hybridized carbons (Fsp3) is 0.348. The number of hydrogen-bond donors (Lipinski definition) is 0. The van der Waals surface area contributed by atoms with Crippen molar-refractivity contribution in [1.29, 1.82) is 0 Å². The van der Waals surface area contributed by atoms with Gasteiger partial charge in [-0.2, -0.15) is 0 Å². The highest BCUT2D eigenvalue weighted by Gasteiger charge is 2.30. The molecule has 0 heterocycles. The fourth-order valence-electron chi connectivity index (χ4n) is 3.13. The zero-order chi connectivity index (χ0) is 20.8. The van der Waals surface area contributed by atoms with Crippen LogP contribution in [0.4, 0.5) is 0 Å². The first kappa shape index (κ1) is 20.6. The van der Waals surface area contributed by atoms with E-state index < -0.39 is 0 Å². The van der Waals surface area contributed by atoms with Gasteiger partial charge in [0.2, 0.25) is 0 Å². The lowest BCUT2D eigenvalue weighted by molar-refractivity contribution is -0.140. The van der Waals surface area contributed by atoms with Crippen LogP contribution < -0.4 is 9.47 Å². The maximum Gasteiger partial charge on any atom is 0.305 e. The Bertz CT molecular complexity index is 931. The molecular formula is C23H24O6. The molecule has 1 aliphatic rings. The summed E-state index contributed by atoms with van der Waals surface area (Å²) in [4.78, 5) is 37.0. The van der Waals surface area contributed by atoms with Crippen molar-refractivity contribution in [3.05, 3.63) is 58.7 Å². The lowest BCUT2D eigenvalue weighted by Crippen LogP contribution is -2.21. The summed E-state index contributed by atoms with van der Waals surface area (Å²) in [5.41, 5.74) is 1.42. The highest BCUT2D eigenvalue weighted by Crippen LogP contribution is 2.32. The van der Waals surface area contributed by atoms with Crippen LogP contribution in [0.1, 0.15) is 64.4 Å². The number of benzene rings is 2. The van der Waals surface area contributed by atoms with Crippen molar-refractivity contribution in [3.8, 4) is 11.5 Å². The Morgan fingerprint density at radius 1 is 0.793 bits per heavy atom. The summed E-state index contributed by atoms with van der Waals surface area (Å²) < 4.78 is 15.9. The van der Waals surface area contributed by atoms with Crippen molar-refractivity contribution in [1.82, 2.24) is 0 Å². The van der Waals surface area contributed by atoms with Gasteiger partial charge in [-0.25, -0.2) is 0 Å². The predicted molar refractivity (Wildman–Crippen MR) is 107 cm³/mol. The molecule has 0 bridgehead atoms. The maximum atomic E-state index is 12.9. The molecule has 0 unspecified atom stereocenters. The van der Waals surface area contributed by atoms with Crippen molar-refractivity contribution in [3.63, 3.8) is 0 Å². The molecule has 0 atom stereocenters. The van der Waals surface area contributed by atoms with Crippen LogP contribution in [-0.4, -0.2) is 37.9 Å². The Balaban J connectivity index is 1.75. The summed E-state index contributed by atoms with van der Waals surface area (Å²) in [6.45, 7) is 2.96. The first-order valence-electron chi connectivity index (χ1n) is 9.75. The van der Waals surface area contributed by atoms with Crippen LogP contribution in [0.2, 0.25) is 0 Å². The molecule has 0 spiro atoms. The van der Waals surface area contributed by atoms with E-state index in [0.717, 1.165) is 12.8 Å². The molecule has 0 fully saturated rings. The highest BCUT2D eigenvalue weighted by atomic mass is 16.5. The van der Waals surface area contributed by atoms with E-state index in [4.69, 9.17) is 9.47 Å². The smallest absolute Gasteiger partial charge is 0.305 e. The lowest BCUT2D eigenvalue weighted by atomic mass is 9.84. The minimum atomic E-state index is -0.297. The van der Waals surface area contributed by atoms with Crippen LogP contribution in [0, 0.1) is 0 Å². The molecule has 152 valence electrons. The minimum absolute atomic E-state index is 0.201. The number of methoxy groups -OCH3 is 1. The SMILES string of the molecule is CCCCOc1ccc2c(c1)C(=O)c1ccc(OCCCC(=O)OC)cc1C2=O. The van der Waals surface area contributed by atoms with Gasteiger partial charge in [0.05, 0.1) is 20.3 Å². The number of ether oxygens (including phenoxy) is 3. The Morgan fingerprint density at radius 3 is 1.79 bits per heavy atom. The number of fused-ring (bicyclic) bond motifs is 2. The van der Waals surface area contributed by atoms with Gasteiger partial charge in [-0.05, 0) is 49.2 Å². The van der Waals surface area contributed by atoms with Crippen LogP contribution in [0.3, 0.4) is 0 Å². The van der Waals surface area contributed by atoms with E-state index in [0.29, 0.717) is 53.4 Å². The summed E-state index contributed by atoms with van der Waals surface area (Å²) in [5, 5.41) is 0. The number of unbranched alkanes of at least 4 members (excludes halogenated alkanes) is 1. The van der Waals surface area contributed by atoms with Crippen molar-refractivity contribution in [2.45, 2.75) is 32.6 Å². The predicted octanol–water partition coefficient (Wildman–Crippen LogP) is 3.97. The molecule has 0 N–H and O–H groups in total. The summed E-state index contributed by atoms with van der Waals surface area (Å²) >= 11 is 0. The lowest BCUT2D eigenvalue weighted by Gasteiger charge is -2.19. The van der Waals surface area contributed by atoms with Gasteiger partial charge in [-0.3, -0.25) is 14.4 Å². The molecule has 3 rings (SSSR count). The Kier molecular flexibility index (Phi) is 6.65. The molecular weight excluding hydrogens is 372 g/mol. The largest absolute Gasteiger partial charge is 0.494 e. The summed E-state index contributed by atoms with van der Waals surface area (Å²) in [7, 11) is 1.34. The standard InChI is InChI=1S/C23H24O6/c1-3-4-11-28-15-7-9-17-19(13-15)22(25)18-10-8-16(14-20(18)23(17)26)29-12-5-6-21(24)27-2/h7-10,13-14H,3-6,11-12H2,1-2H3. The molecule has 6 heteroatoms. The maximum absolute atomic E-state index is 12.9. The molecule has 0 aliphatic heterocycles. The number of hydrogen-bond acceptors (Lipinski definition) is 6. The summed E-state index contributed by atoms with van der Waals surface area (Å²) in [6, 6.07) is 9.86. The first-order chi connectivity index (χ1) is 14.0. The average molecular weight is 396 g/mol. The second-order valence-corrected chi connectivity index (χ2v) is 6.80. The molecule has 0 aromatic heterocycles. The van der Waals surface area contributed by atoms with E-state index in [2.05, 4.69) is 11.7 Å². The fourth-order valence-corrected chi connectivity index (χ4v) is 3.13. The van der Waals surface area contributed by atoms with Gasteiger partial charge in [0.1, 0.15) is 11.5 Å². The van der Waals surface area contributed by atoms with Gasteiger partial charge < -0.3 is 14.2 Å². The zero-order valence-electron chi connectivity index (χ0n) is 16.7. The summed E-state index contributed by atoms with van der Waals surface area (Å²) in [5.74, 6) is 0.363. The van der Waals surface area contributed by atoms with Crippen molar-refractivity contribution in [2.75, 3.05) is 20.3 Å². The topological polar surface area (TPSA) is 78.9 Å². The second-order valence-electron chi connectivity index (χ2n) is 6.80. The first-order valence-corrected chi connectivity index (χ1v) is 9.75. The molecule has 2 aromatic carbocycles. The molecule has 2 aromatic rings. The Hall–Kier alpha value is -3.15. The Labute approximate surface area is 169 Å². The van der Waals surface area contributed by atoms with E-state index in [1.54, 1.807) is 36.4 Å². The Morgan fingerprint density at radius 2 is 1.31 bits per heavy atom. The third-order valence-electron chi connectivity index (χ3n) is 4.75. The quantitative estimate of drug-likeness (QED) is 0.402. The van der Waals surface area contributed by atoms with Crippen LogP contribution in [0.5, 0.6) is 11.5 Å². The van der Waals surface area contributed by atoms with Crippen molar-refractivity contribution in [2.24, 2.45) is 0 Å². The molecule has 0 saturated heterocycles. The van der Waals surface area contributed by atoms with Gasteiger partial charge in [-0.15, -0.1) is 0 Å². The van der Waals surface area contributed by atoms with Crippen LogP contribution in [0.25, 0.3) is 0 Å². The molecule has 29 heavy (non-hydrogen) atoms. The van der Waals surface area contributed by atoms with E-state index in [1.807, 2.05) is 0 Å². The molecule has 1 aliphatic carbocycles. The van der Waals surface area contributed by atoms with E-state index >= 15 is 0 Å². The van der Waals surface area contributed by atoms with Gasteiger partial charge in [0.25, 0.3) is 0 Å². The number of carbonyl (C=O) groups excluding carboxylic acids is 3. The van der Waals surface area contributed by atoms with Crippen LogP contribution in [0.15, 0.2) is 36.4 Å². The highest BCUT2D eigenvalue weighted by molar-refractivity contribution is 6.28. The van der Waals surface area contributed by atoms with Gasteiger partial charge in [0, 0.05) is 28.7 Å². The minimum Gasteiger partial charge on any atom is -0.494 e. The third-order valence-corrected chi connectivity index (χ3v) is 4.75. The van der Waals surface area contributed by atoms with Crippen LogP contribution >= 0.6 is 0 Å². The van der Waals surface area contributed by atoms with E-state index in [9.17, 15) is 14.4 Å². The molecule has 0 radical (unpaired) electrons. The monoisotopic (exact) mass is 396 g/mol. The molecule has 0 saturated carbocycles. The van der Waals surface area contributed by atoms with Crippen molar-refractivity contribution >= 4 is 17.5 Å². The van der Waals surface area contributed by atoms with Gasteiger partial charge in [-0.1, -0.05) is 13.3 Å². The van der Waals surface area contributed by atoms with E-state index in [-0.39, 0.29) is 24.0 Å². The van der Waals surface area contributed by atoms with Gasteiger partial charge >= 0.3 is 5.97 Å². The number of ketones is 2. The third kappa shape index (κ3) is 4.65. The van der Waals surface area contributed by atoms with Crippen molar-refractivity contribution < 1.29 is 28.6 Å². The van der Waals surface area contributed by atoms with Crippen LogP contribution in [-0.2, 0) is 9.53 Å². The van der Waals surface area contributed by atoms with Gasteiger partial charge in [0.15, 0.2) is 11.6 Å².